The number of carbonyl (C=O) groups excluding carboxylic acids is 2. The summed E-state index contributed by atoms with van der Waals surface area (Å²) in [4.78, 5) is 24.6. The highest BCUT2D eigenvalue weighted by Gasteiger charge is 2.39. The molecule has 2 rings (SSSR count). The first-order valence-corrected chi connectivity index (χ1v) is 6.50. The van der Waals surface area contributed by atoms with E-state index in [9.17, 15) is 14.7 Å². The second kappa shape index (κ2) is 5.19. The molecule has 2 heterocycles. The monoisotopic (exact) mass is 280 g/mol. The van der Waals surface area contributed by atoms with Crippen molar-refractivity contribution in [3.05, 3.63) is 24.2 Å². The molecule has 0 unspecified atom stereocenters. The zero-order valence-electron chi connectivity index (χ0n) is 11.8. The van der Waals surface area contributed by atoms with Crippen LogP contribution in [0.4, 0.5) is 4.79 Å². The third kappa shape index (κ3) is 3.12. The second-order valence-electron chi connectivity index (χ2n) is 5.93. The molecule has 1 aliphatic heterocycles. The number of carbonyl (C=O) groups is 2. The molecule has 0 aliphatic carbocycles. The summed E-state index contributed by atoms with van der Waals surface area (Å²) >= 11 is 0. The summed E-state index contributed by atoms with van der Waals surface area (Å²) in [6, 6.07) is 3.40. The van der Waals surface area contributed by atoms with Gasteiger partial charge in [-0.05, 0) is 32.9 Å². The summed E-state index contributed by atoms with van der Waals surface area (Å²) in [5.74, 6) is -1.82. The van der Waals surface area contributed by atoms with Gasteiger partial charge in [-0.2, -0.15) is 0 Å². The molecule has 1 amide bonds. The summed E-state index contributed by atoms with van der Waals surface area (Å²) in [7, 11) is 0. The maximum absolute atomic E-state index is 12.0. The van der Waals surface area contributed by atoms with Crippen LogP contribution in [0.15, 0.2) is 22.8 Å². The van der Waals surface area contributed by atoms with Crippen molar-refractivity contribution in [1.29, 1.82) is 0 Å². The van der Waals surface area contributed by atoms with E-state index in [1.165, 1.54) is 11.2 Å². The lowest BCUT2D eigenvalue weighted by Gasteiger charge is -2.24. The Hall–Kier alpha value is -1.98. The van der Waals surface area contributed by atoms with Crippen LogP contribution in [-0.2, 0) is 9.53 Å². The minimum absolute atomic E-state index is 0.0720. The third-order valence-electron chi connectivity index (χ3n) is 3.18. The third-order valence-corrected chi connectivity index (χ3v) is 3.18. The number of nitrogens with zero attached hydrogens (tertiary/aromatic N) is 1. The lowest BCUT2D eigenvalue weighted by Crippen LogP contribution is -2.38. The Morgan fingerprint density at radius 3 is 2.60 bits per heavy atom. The maximum Gasteiger partial charge on any atom is 0.410 e. The Labute approximate surface area is 117 Å². The van der Waals surface area contributed by atoms with Gasteiger partial charge in [-0.3, -0.25) is 0 Å². The van der Waals surface area contributed by atoms with E-state index < -0.39 is 29.5 Å². The van der Waals surface area contributed by atoms with Gasteiger partial charge in [0.25, 0.3) is 0 Å². The van der Waals surface area contributed by atoms with E-state index in [0.717, 1.165) is 0 Å². The molecule has 1 fully saturated rings. The minimum Gasteiger partial charge on any atom is -0.550 e. The van der Waals surface area contributed by atoms with E-state index in [2.05, 4.69) is 0 Å². The molecule has 110 valence electrons. The summed E-state index contributed by atoms with van der Waals surface area (Å²) < 4.78 is 10.5. The summed E-state index contributed by atoms with van der Waals surface area (Å²) in [6.07, 6.45) is 0.968. The van der Waals surface area contributed by atoms with Crippen LogP contribution < -0.4 is 5.11 Å². The van der Waals surface area contributed by atoms with Crippen molar-refractivity contribution >= 4 is 12.1 Å². The molecule has 20 heavy (non-hydrogen) atoms. The molecule has 1 aliphatic rings. The minimum atomic E-state index is -1.18. The summed E-state index contributed by atoms with van der Waals surface area (Å²) in [5, 5.41) is 11.2. The molecular weight excluding hydrogens is 262 g/mol. The highest BCUT2D eigenvalue weighted by atomic mass is 16.6. The van der Waals surface area contributed by atoms with E-state index in [1.54, 1.807) is 32.9 Å². The molecule has 6 nitrogen and oxygen atoms in total. The maximum atomic E-state index is 12.0. The SMILES string of the molecule is CC(C)(C)OC(=O)N1C[C@@H](C(=O)[O-])[C@H](c2ccco2)C1. The Morgan fingerprint density at radius 1 is 1.40 bits per heavy atom. The van der Waals surface area contributed by atoms with Crippen LogP contribution in [-0.4, -0.2) is 35.7 Å². The first kappa shape index (κ1) is 14.4. The van der Waals surface area contributed by atoms with Gasteiger partial charge in [0.05, 0.1) is 6.26 Å². The number of likely N-dealkylation sites (tertiary alicyclic amines) is 1. The van der Waals surface area contributed by atoms with Crippen molar-refractivity contribution < 1.29 is 23.8 Å². The predicted molar refractivity (Wildman–Crippen MR) is 67.8 cm³/mol. The summed E-state index contributed by atoms with van der Waals surface area (Å²) in [5.41, 5.74) is -0.614. The van der Waals surface area contributed by atoms with Crippen molar-refractivity contribution in [2.24, 2.45) is 5.92 Å². The van der Waals surface area contributed by atoms with Crippen molar-refractivity contribution in [1.82, 2.24) is 4.90 Å². The molecule has 2 atom stereocenters. The van der Waals surface area contributed by atoms with Crippen LogP contribution in [0.2, 0.25) is 0 Å². The van der Waals surface area contributed by atoms with Gasteiger partial charge in [0.15, 0.2) is 0 Å². The van der Waals surface area contributed by atoms with Gasteiger partial charge >= 0.3 is 6.09 Å². The van der Waals surface area contributed by atoms with Gasteiger partial charge in [-0.25, -0.2) is 4.79 Å². The number of furan rings is 1. The standard InChI is InChI=1S/C14H19NO5/c1-14(2,3)20-13(18)15-7-9(10(8-15)12(16)17)11-5-4-6-19-11/h4-6,9-10H,7-8H2,1-3H3,(H,16,17)/p-1/t9-,10-/m1/s1. The Balaban J connectivity index is 2.12. The van der Waals surface area contributed by atoms with Gasteiger partial charge in [-0.1, -0.05) is 0 Å². The number of carboxylic acid groups (broad SMARTS) is 1. The second-order valence-corrected chi connectivity index (χ2v) is 5.93. The first-order chi connectivity index (χ1) is 9.28. The van der Waals surface area contributed by atoms with Crippen LogP contribution >= 0.6 is 0 Å². The number of carboxylic acids is 1. The number of amides is 1. The Kier molecular flexibility index (Phi) is 3.74. The smallest absolute Gasteiger partial charge is 0.410 e. The van der Waals surface area contributed by atoms with E-state index in [-0.39, 0.29) is 13.1 Å². The normalized spacial score (nSPS) is 22.9. The predicted octanol–water partition coefficient (Wildman–Crippen LogP) is 0.980. The van der Waals surface area contributed by atoms with E-state index >= 15 is 0 Å². The van der Waals surface area contributed by atoms with Gasteiger partial charge < -0.3 is 24.0 Å². The quantitative estimate of drug-likeness (QED) is 0.806. The zero-order chi connectivity index (χ0) is 14.9. The Bertz CT molecular complexity index is 488. The number of aliphatic carboxylic acids is 1. The fourth-order valence-electron chi connectivity index (χ4n) is 2.31. The van der Waals surface area contributed by atoms with Gasteiger partial charge in [0.1, 0.15) is 11.4 Å². The molecule has 0 bridgehead atoms. The van der Waals surface area contributed by atoms with Crippen molar-refractivity contribution in [2.45, 2.75) is 32.3 Å². The topological polar surface area (TPSA) is 82.8 Å². The molecule has 1 aromatic rings. The number of rotatable bonds is 2. The highest BCUT2D eigenvalue weighted by molar-refractivity contribution is 5.74. The fraction of sp³-hybridized carbons (Fsp3) is 0.571. The van der Waals surface area contributed by atoms with Crippen LogP contribution in [0, 0.1) is 5.92 Å². The molecular formula is C14H18NO5-. The zero-order valence-corrected chi connectivity index (χ0v) is 11.8. The lowest BCUT2D eigenvalue weighted by molar-refractivity contribution is -0.311. The molecule has 0 saturated carbocycles. The molecule has 0 N–H and O–H groups in total. The highest BCUT2D eigenvalue weighted by Crippen LogP contribution is 2.33. The van der Waals surface area contributed by atoms with E-state index in [1.807, 2.05) is 0 Å². The molecule has 0 radical (unpaired) electrons. The van der Waals surface area contributed by atoms with Gasteiger partial charge in [-0.15, -0.1) is 0 Å². The molecule has 0 spiro atoms. The molecule has 1 aromatic heterocycles. The van der Waals surface area contributed by atoms with Crippen molar-refractivity contribution in [3.63, 3.8) is 0 Å². The van der Waals surface area contributed by atoms with Gasteiger partial charge in [0, 0.05) is 30.9 Å². The number of hydrogen-bond donors (Lipinski definition) is 0. The fourth-order valence-corrected chi connectivity index (χ4v) is 2.31. The first-order valence-electron chi connectivity index (χ1n) is 6.50. The van der Waals surface area contributed by atoms with Crippen LogP contribution in [0.5, 0.6) is 0 Å². The van der Waals surface area contributed by atoms with Crippen molar-refractivity contribution in [3.8, 4) is 0 Å². The number of ether oxygens (including phenoxy) is 1. The van der Waals surface area contributed by atoms with E-state index in [4.69, 9.17) is 9.15 Å². The van der Waals surface area contributed by atoms with Crippen LogP contribution in [0.1, 0.15) is 32.4 Å². The van der Waals surface area contributed by atoms with E-state index in [0.29, 0.717) is 5.76 Å². The summed E-state index contributed by atoms with van der Waals surface area (Å²) in [6.45, 7) is 5.62. The van der Waals surface area contributed by atoms with Gasteiger partial charge in [0.2, 0.25) is 0 Å². The van der Waals surface area contributed by atoms with Crippen LogP contribution in [0.3, 0.4) is 0 Å². The molecule has 6 heteroatoms. The average molecular weight is 280 g/mol. The largest absolute Gasteiger partial charge is 0.550 e. The molecule has 0 aromatic carbocycles. The van der Waals surface area contributed by atoms with Crippen LogP contribution in [0.25, 0.3) is 0 Å². The average Bonchev–Trinajstić information content (AvgIpc) is 2.95. The Morgan fingerprint density at radius 2 is 2.10 bits per heavy atom. The van der Waals surface area contributed by atoms with Crippen molar-refractivity contribution in [2.75, 3.05) is 13.1 Å². The lowest BCUT2D eigenvalue weighted by atomic mass is 9.94. The number of hydrogen-bond acceptors (Lipinski definition) is 5. The molecule has 1 saturated heterocycles.